The van der Waals surface area contributed by atoms with Crippen molar-refractivity contribution in [1.82, 2.24) is 15.3 Å². The third kappa shape index (κ3) is 10.0. The predicted molar refractivity (Wildman–Crippen MR) is 173 cm³/mol. The number of hydrogen-bond donors (Lipinski definition) is 1. The minimum absolute atomic E-state index is 0.0725. The van der Waals surface area contributed by atoms with E-state index in [1.54, 1.807) is 24.3 Å². The van der Waals surface area contributed by atoms with Crippen LogP contribution in [0.5, 0.6) is 5.75 Å². The number of hydrogen-bond acceptors (Lipinski definition) is 7. The standard InChI is InChI=1S/C36H49N3O7/c1-36(2,3)32(34(42)38-20-18-31(19-21-38)46-30-16-14-28(15-17-30)35(43)44-4)37-33(41)29(22-26-10-8-9-11-26)23-39(25-40)45-24-27-12-6-5-7-13-27/h5-7,12-17,25-26,29,31-32H,8-11,18-24H2,1-4H3,(H,37,41). The lowest BCUT2D eigenvalue weighted by atomic mass is 9.84. The van der Waals surface area contributed by atoms with Crippen LogP contribution in [0.3, 0.4) is 0 Å². The molecule has 3 amide bonds. The molecule has 1 saturated heterocycles. The third-order valence-corrected chi connectivity index (χ3v) is 8.95. The molecule has 2 aromatic carbocycles. The van der Waals surface area contributed by atoms with Crippen LogP contribution in [0.2, 0.25) is 0 Å². The zero-order valence-electron chi connectivity index (χ0n) is 27.6. The molecular weight excluding hydrogens is 586 g/mol. The fourth-order valence-electron chi connectivity index (χ4n) is 6.25. The molecule has 2 aromatic rings. The molecule has 4 rings (SSSR count). The molecule has 2 fully saturated rings. The minimum atomic E-state index is -0.732. The summed E-state index contributed by atoms with van der Waals surface area (Å²) in [5, 5.41) is 4.32. The Balaban J connectivity index is 1.37. The van der Waals surface area contributed by atoms with Gasteiger partial charge in [0.2, 0.25) is 18.2 Å². The van der Waals surface area contributed by atoms with E-state index in [2.05, 4.69) is 5.32 Å². The average Bonchev–Trinajstić information content (AvgIpc) is 3.58. The number of carbonyl (C=O) groups is 4. The summed E-state index contributed by atoms with van der Waals surface area (Å²) in [4.78, 5) is 59.1. The van der Waals surface area contributed by atoms with E-state index in [9.17, 15) is 19.2 Å². The molecular formula is C36H49N3O7. The van der Waals surface area contributed by atoms with Crippen LogP contribution in [0.25, 0.3) is 0 Å². The number of nitrogens with zero attached hydrogens (tertiary/aromatic N) is 2. The number of nitrogens with one attached hydrogen (secondary N) is 1. The van der Waals surface area contributed by atoms with Crippen molar-refractivity contribution in [3.8, 4) is 5.75 Å². The van der Waals surface area contributed by atoms with E-state index in [0.29, 0.717) is 56.0 Å². The van der Waals surface area contributed by atoms with Crippen LogP contribution >= 0.6 is 0 Å². The average molecular weight is 636 g/mol. The number of esters is 1. The van der Waals surface area contributed by atoms with Crippen LogP contribution in [0.15, 0.2) is 54.6 Å². The maximum absolute atomic E-state index is 13.9. The molecule has 1 aliphatic carbocycles. The third-order valence-electron chi connectivity index (χ3n) is 8.95. The summed E-state index contributed by atoms with van der Waals surface area (Å²) in [6.45, 7) is 7.21. The number of likely N-dealkylation sites (tertiary alicyclic amines) is 1. The molecule has 0 bridgehead atoms. The Labute approximate surface area is 272 Å². The molecule has 0 aromatic heterocycles. The van der Waals surface area contributed by atoms with Crippen molar-refractivity contribution in [3.05, 3.63) is 65.7 Å². The maximum Gasteiger partial charge on any atom is 0.337 e. The van der Waals surface area contributed by atoms with Crippen molar-refractivity contribution in [2.24, 2.45) is 17.3 Å². The number of hydroxylamine groups is 2. The Morgan fingerprint density at radius 2 is 1.63 bits per heavy atom. The molecule has 10 heteroatoms. The smallest absolute Gasteiger partial charge is 0.337 e. The van der Waals surface area contributed by atoms with Gasteiger partial charge in [-0.25, -0.2) is 9.86 Å². The molecule has 10 nitrogen and oxygen atoms in total. The first-order valence-electron chi connectivity index (χ1n) is 16.4. The van der Waals surface area contributed by atoms with Crippen LogP contribution < -0.4 is 10.1 Å². The zero-order valence-corrected chi connectivity index (χ0v) is 27.6. The molecule has 0 spiro atoms. The second-order valence-electron chi connectivity index (χ2n) is 13.5. The van der Waals surface area contributed by atoms with Gasteiger partial charge in [-0.3, -0.25) is 19.2 Å². The number of methoxy groups -OCH3 is 1. The van der Waals surface area contributed by atoms with Gasteiger partial charge in [0, 0.05) is 25.9 Å². The van der Waals surface area contributed by atoms with E-state index in [-0.39, 0.29) is 31.1 Å². The summed E-state index contributed by atoms with van der Waals surface area (Å²) in [6, 6.07) is 15.7. The summed E-state index contributed by atoms with van der Waals surface area (Å²) in [5.74, 6) is -0.203. The zero-order chi connectivity index (χ0) is 33.1. The van der Waals surface area contributed by atoms with Gasteiger partial charge in [0.1, 0.15) is 24.5 Å². The number of rotatable bonds is 14. The van der Waals surface area contributed by atoms with Gasteiger partial charge >= 0.3 is 5.97 Å². The first-order valence-corrected chi connectivity index (χ1v) is 16.4. The van der Waals surface area contributed by atoms with Crippen LogP contribution in [0.1, 0.15) is 81.6 Å². The normalized spacial score (nSPS) is 17.2. The van der Waals surface area contributed by atoms with Crippen molar-refractivity contribution < 1.29 is 33.5 Å². The van der Waals surface area contributed by atoms with Crippen LogP contribution in [0.4, 0.5) is 0 Å². The molecule has 2 atom stereocenters. The van der Waals surface area contributed by atoms with Gasteiger partial charge in [-0.15, -0.1) is 0 Å². The molecule has 1 N–H and O–H groups in total. The van der Waals surface area contributed by atoms with Crippen molar-refractivity contribution in [2.45, 2.75) is 84.5 Å². The van der Waals surface area contributed by atoms with Gasteiger partial charge in [-0.2, -0.15) is 0 Å². The Kier molecular flexibility index (Phi) is 12.6. The van der Waals surface area contributed by atoms with E-state index in [0.717, 1.165) is 31.2 Å². The topological polar surface area (TPSA) is 114 Å². The number of amides is 3. The highest BCUT2D eigenvalue weighted by molar-refractivity contribution is 5.90. The Bertz CT molecular complexity index is 1280. The summed E-state index contributed by atoms with van der Waals surface area (Å²) in [6.07, 6.45) is 6.89. The molecule has 2 unspecified atom stereocenters. The molecule has 2 aliphatic rings. The highest BCUT2D eigenvalue weighted by Crippen LogP contribution is 2.32. The van der Waals surface area contributed by atoms with E-state index in [1.807, 2.05) is 56.0 Å². The first kappa shape index (κ1) is 34.9. The fourth-order valence-corrected chi connectivity index (χ4v) is 6.25. The largest absolute Gasteiger partial charge is 0.490 e. The maximum atomic E-state index is 13.9. The lowest BCUT2D eigenvalue weighted by molar-refractivity contribution is -0.182. The second kappa shape index (κ2) is 16.6. The first-order chi connectivity index (χ1) is 22.1. The molecule has 1 saturated carbocycles. The Hall–Kier alpha value is -3.92. The number of benzene rings is 2. The highest BCUT2D eigenvalue weighted by Gasteiger charge is 2.39. The van der Waals surface area contributed by atoms with E-state index < -0.39 is 23.3 Å². The molecule has 250 valence electrons. The Morgan fingerprint density at radius 3 is 2.22 bits per heavy atom. The van der Waals surface area contributed by atoms with E-state index in [1.165, 1.54) is 12.2 Å². The van der Waals surface area contributed by atoms with Crippen LogP contribution in [0, 0.1) is 17.3 Å². The fraction of sp³-hybridized carbons (Fsp3) is 0.556. The minimum Gasteiger partial charge on any atom is -0.490 e. The lowest BCUT2D eigenvalue weighted by Crippen LogP contribution is -2.58. The van der Waals surface area contributed by atoms with Gasteiger partial charge in [-0.1, -0.05) is 76.8 Å². The molecule has 1 aliphatic heterocycles. The number of ether oxygens (including phenoxy) is 2. The van der Waals surface area contributed by atoms with Gasteiger partial charge in [-0.05, 0) is 47.6 Å². The quantitative estimate of drug-likeness (QED) is 0.173. The van der Waals surface area contributed by atoms with Gasteiger partial charge in [0.15, 0.2) is 0 Å². The van der Waals surface area contributed by atoms with Crippen LogP contribution in [-0.4, -0.2) is 73.0 Å². The summed E-state index contributed by atoms with van der Waals surface area (Å²) in [7, 11) is 1.34. The lowest BCUT2D eigenvalue weighted by Gasteiger charge is -2.39. The number of piperidine rings is 1. The van der Waals surface area contributed by atoms with Crippen molar-refractivity contribution in [3.63, 3.8) is 0 Å². The second-order valence-corrected chi connectivity index (χ2v) is 13.5. The molecule has 1 heterocycles. The monoisotopic (exact) mass is 635 g/mol. The van der Waals surface area contributed by atoms with Crippen molar-refractivity contribution in [2.75, 3.05) is 26.7 Å². The van der Waals surface area contributed by atoms with Crippen molar-refractivity contribution in [1.29, 1.82) is 0 Å². The molecule has 0 radical (unpaired) electrons. The SMILES string of the molecule is COC(=O)c1ccc(OC2CCN(C(=O)C(NC(=O)C(CC3CCCC3)CN(C=O)OCc3ccccc3)C(C)(C)C)CC2)cc1. The van der Waals surface area contributed by atoms with Crippen molar-refractivity contribution >= 4 is 24.2 Å². The van der Waals surface area contributed by atoms with Gasteiger partial charge in [0.05, 0.1) is 25.1 Å². The van der Waals surface area contributed by atoms with Crippen LogP contribution in [-0.2, 0) is 30.6 Å². The number of carbonyl (C=O) groups excluding carboxylic acids is 4. The summed E-state index contributed by atoms with van der Waals surface area (Å²) in [5.41, 5.74) is 0.845. The van der Waals surface area contributed by atoms with Gasteiger partial charge in [0.25, 0.3) is 0 Å². The summed E-state index contributed by atoms with van der Waals surface area (Å²) < 4.78 is 10.9. The predicted octanol–water partition coefficient (Wildman–Crippen LogP) is 5.16. The summed E-state index contributed by atoms with van der Waals surface area (Å²) >= 11 is 0. The molecule has 46 heavy (non-hydrogen) atoms. The van der Waals surface area contributed by atoms with E-state index in [4.69, 9.17) is 14.3 Å². The Morgan fingerprint density at radius 1 is 0.978 bits per heavy atom. The highest BCUT2D eigenvalue weighted by atomic mass is 16.7. The van der Waals surface area contributed by atoms with Gasteiger partial charge < -0.3 is 19.7 Å². The van der Waals surface area contributed by atoms with E-state index >= 15 is 0 Å².